The van der Waals surface area contributed by atoms with E-state index < -0.39 is 11.9 Å². The lowest BCUT2D eigenvalue weighted by Gasteiger charge is -2.08. The molecule has 0 aliphatic carbocycles. The van der Waals surface area contributed by atoms with E-state index >= 15 is 0 Å². The van der Waals surface area contributed by atoms with Crippen molar-refractivity contribution < 1.29 is 28.5 Å². The Balaban J connectivity index is 1.54. The Bertz CT molecular complexity index is 1140. The molecule has 0 atom stereocenters. The van der Waals surface area contributed by atoms with E-state index in [-0.39, 0.29) is 0 Å². The fourth-order valence-corrected chi connectivity index (χ4v) is 2.90. The van der Waals surface area contributed by atoms with Gasteiger partial charge < -0.3 is 18.9 Å². The summed E-state index contributed by atoms with van der Waals surface area (Å²) in [6.07, 6.45) is 2.40. The van der Waals surface area contributed by atoms with Crippen LogP contribution in [0.5, 0.6) is 23.0 Å². The molecule has 34 heavy (non-hydrogen) atoms. The average molecular weight is 463 g/mol. The van der Waals surface area contributed by atoms with Crippen LogP contribution in [0.25, 0.3) is 0 Å². The molecule has 0 bridgehead atoms. The lowest BCUT2D eigenvalue weighted by Crippen LogP contribution is -2.17. The number of carbonyl (C=O) groups excluding carboxylic acids is 2. The second-order valence-corrected chi connectivity index (χ2v) is 7.10. The predicted octanol–water partition coefficient (Wildman–Crippen LogP) is 4.48. The zero-order valence-corrected chi connectivity index (χ0v) is 19.2. The summed E-state index contributed by atoms with van der Waals surface area (Å²) in [5.74, 6) is 1.22. The van der Waals surface area contributed by atoms with E-state index in [1.807, 2.05) is 6.92 Å². The number of rotatable bonds is 10. The first kappa shape index (κ1) is 24.3. The maximum Gasteiger partial charge on any atom is 0.343 e. The molecule has 1 amide bonds. The molecule has 0 fully saturated rings. The van der Waals surface area contributed by atoms with E-state index in [2.05, 4.69) is 10.5 Å². The van der Waals surface area contributed by atoms with E-state index in [4.69, 9.17) is 18.9 Å². The summed E-state index contributed by atoms with van der Waals surface area (Å²) in [4.78, 5) is 24.6. The summed E-state index contributed by atoms with van der Waals surface area (Å²) in [6, 6.07) is 18.4. The third kappa shape index (κ3) is 6.59. The van der Waals surface area contributed by atoms with E-state index in [0.29, 0.717) is 46.3 Å². The first-order valence-electron chi connectivity index (χ1n) is 10.6. The van der Waals surface area contributed by atoms with E-state index in [1.165, 1.54) is 20.4 Å². The molecule has 3 rings (SSSR count). The number of methoxy groups -OCH3 is 2. The second-order valence-electron chi connectivity index (χ2n) is 7.10. The molecule has 0 saturated heterocycles. The number of hydrogen-bond donors (Lipinski definition) is 1. The van der Waals surface area contributed by atoms with Crippen molar-refractivity contribution in [3.05, 3.63) is 83.4 Å². The Morgan fingerprint density at radius 3 is 2.15 bits per heavy atom. The first-order valence-corrected chi connectivity index (χ1v) is 10.6. The second kappa shape index (κ2) is 12.1. The third-order valence-electron chi connectivity index (χ3n) is 4.68. The van der Waals surface area contributed by atoms with Gasteiger partial charge >= 0.3 is 5.97 Å². The molecule has 0 aliphatic heterocycles. The Morgan fingerprint density at radius 2 is 1.50 bits per heavy atom. The molecule has 176 valence electrons. The van der Waals surface area contributed by atoms with Gasteiger partial charge in [0.15, 0.2) is 11.5 Å². The number of benzene rings is 3. The van der Waals surface area contributed by atoms with Gasteiger partial charge in [-0.1, -0.05) is 6.92 Å². The number of nitrogens with zero attached hydrogens (tertiary/aromatic N) is 1. The van der Waals surface area contributed by atoms with Gasteiger partial charge in [0.2, 0.25) is 0 Å². The van der Waals surface area contributed by atoms with Crippen molar-refractivity contribution in [2.45, 2.75) is 13.3 Å². The van der Waals surface area contributed by atoms with E-state index in [9.17, 15) is 9.59 Å². The van der Waals surface area contributed by atoms with Gasteiger partial charge in [-0.15, -0.1) is 0 Å². The molecular formula is C26H26N2O6. The van der Waals surface area contributed by atoms with E-state index in [0.717, 1.165) is 6.42 Å². The van der Waals surface area contributed by atoms with Crippen LogP contribution >= 0.6 is 0 Å². The van der Waals surface area contributed by atoms with Crippen molar-refractivity contribution in [3.8, 4) is 23.0 Å². The number of nitrogens with one attached hydrogen (secondary N) is 1. The van der Waals surface area contributed by atoms with Crippen LogP contribution in [0.4, 0.5) is 0 Å². The molecule has 1 N–H and O–H groups in total. The van der Waals surface area contributed by atoms with Crippen molar-refractivity contribution in [1.82, 2.24) is 5.43 Å². The minimum Gasteiger partial charge on any atom is -0.494 e. The monoisotopic (exact) mass is 462 g/mol. The van der Waals surface area contributed by atoms with Gasteiger partial charge in [-0.05, 0) is 78.7 Å². The summed E-state index contributed by atoms with van der Waals surface area (Å²) in [5, 5.41) is 3.97. The number of ether oxygens (including phenoxy) is 4. The SMILES string of the molecule is CCCOc1ccc(C(=O)Oc2ccc(/C=N/NC(=O)c3ccc(OC)c(OC)c3)cc2)cc1. The minimum absolute atomic E-state index is 0.377. The quantitative estimate of drug-likeness (QED) is 0.207. The van der Waals surface area contributed by atoms with Crippen LogP contribution in [-0.2, 0) is 0 Å². The number of hydrogen-bond acceptors (Lipinski definition) is 7. The number of esters is 1. The van der Waals surface area contributed by atoms with Crippen LogP contribution < -0.4 is 24.4 Å². The highest BCUT2D eigenvalue weighted by Crippen LogP contribution is 2.27. The highest BCUT2D eigenvalue weighted by Gasteiger charge is 2.11. The molecule has 8 heteroatoms. The number of carbonyl (C=O) groups is 2. The highest BCUT2D eigenvalue weighted by molar-refractivity contribution is 5.95. The van der Waals surface area contributed by atoms with Crippen LogP contribution in [0.1, 0.15) is 39.6 Å². The molecule has 0 saturated carbocycles. The maximum absolute atomic E-state index is 12.3. The molecule has 8 nitrogen and oxygen atoms in total. The van der Waals surface area contributed by atoms with Crippen LogP contribution in [-0.4, -0.2) is 38.9 Å². The van der Waals surface area contributed by atoms with Gasteiger partial charge in [0, 0.05) is 5.56 Å². The smallest absolute Gasteiger partial charge is 0.343 e. The molecule has 0 spiro atoms. The van der Waals surface area contributed by atoms with Crippen molar-refractivity contribution in [3.63, 3.8) is 0 Å². The van der Waals surface area contributed by atoms with Gasteiger partial charge in [0.25, 0.3) is 5.91 Å². The summed E-state index contributed by atoms with van der Waals surface area (Å²) in [5.41, 5.74) is 3.97. The standard InChI is InChI=1S/C26H26N2O6/c1-4-15-33-21-12-7-19(8-13-21)26(30)34-22-10-5-18(6-11-22)17-27-28-25(29)20-9-14-23(31-2)24(16-20)32-3/h5-14,16-17H,4,15H2,1-3H3,(H,28,29)/b27-17+. The Labute approximate surface area is 198 Å². The predicted molar refractivity (Wildman–Crippen MR) is 128 cm³/mol. The zero-order valence-electron chi connectivity index (χ0n) is 19.2. The fraction of sp³-hybridized carbons (Fsp3) is 0.192. The fourth-order valence-electron chi connectivity index (χ4n) is 2.90. The molecule has 3 aromatic rings. The van der Waals surface area contributed by atoms with Crippen molar-refractivity contribution in [1.29, 1.82) is 0 Å². The molecular weight excluding hydrogens is 436 g/mol. The van der Waals surface area contributed by atoms with Gasteiger partial charge in [0.1, 0.15) is 11.5 Å². The number of amides is 1. The Hall–Kier alpha value is -4.33. The zero-order chi connectivity index (χ0) is 24.3. The summed E-state index contributed by atoms with van der Waals surface area (Å²) >= 11 is 0. The average Bonchev–Trinajstić information content (AvgIpc) is 2.88. The lowest BCUT2D eigenvalue weighted by molar-refractivity contribution is 0.0734. The van der Waals surface area contributed by atoms with Crippen LogP contribution in [0.3, 0.4) is 0 Å². The Kier molecular flexibility index (Phi) is 8.62. The molecule has 3 aromatic carbocycles. The van der Waals surface area contributed by atoms with Crippen LogP contribution in [0.15, 0.2) is 71.8 Å². The largest absolute Gasteiger partial charge is 0.494 e. The summed E-state index contributed by atoms with van der Waals surface area (Å²) in [6.45, 7) is 2.65. The summed E-state index contributed by atoms with van der Waals surface area (Å²) < 4.78 is 21.3. The summed E-state index contributed by atoms with van der Waals surface area (Å²) in [7, 11) is 3.02. The molecule has 0 unspecified atom stereocenters. The van der Waals surface area contributed by atoms with Gasteiger partial charge in [-0.25, -0.2) is 10.2 Å². The first-order chi connectivity index (χ1) is 16.5. The normalized spacial score (nSPS) is 10.6. The van der Waals surface area contributed by atoms with Gasteiger partial charge in [0.05, 0.1) is 32.6 Å². The van der Waals surface area contributed by atoms with Crippen LogP contribution in [0, 0.1) is 0 Å². The Morgan fingerprint density at radius 1 is 0.853 bits per heavy atom. The van der Waals surface area contributed by atoms with E-state index in [1.54, 1.807) is 66.7 Å². The lowest BCUT2D eigenvalue weighted by atomic mass is 10.2. The molecule has 0 aromatic heterocycles. The van der Waals surface area contributed by atoms with Gasteiger partial charge in [-0.2, -0.15) is 5.10 Å². The molecule has 0 aliphatic rings. The highest BCUT2D eigenvalue weighted by atomic mass is 16.5. The van der Waals surface area contributed by atoms with Crippen molar-refractivity contribution in [2.24, 2.45) is 5.10 Å². The minimum atomic E-state index is -0.467. The van der Waals surface area contributed by atoms with Crippen molar-refractivity contribution >= 4 is 18.1 Å². The molecule has 0 heterocycles. The number of hydrazone groups is 1. The van der Waals surface area contributed by atoms with Gasteiger partial charge in [-0.3, -0.25) is 4.79 Å². The van der Waals surface area contributed by atoms with Crippen LogP contribution in [0.2, 0.25) is 0 Å². The topological polar surface area (TPSA) is 95.5 Å². The third-order valence-corrected chi connectivity index (χ3v) is 4.68. The molecule has 0 radical (unpaired) electrons. The maximum atomic E-state index is 12.3. The van der Waals surface area contributed by atoms with Crippen molar-refractivity contribution in [2.75, 3.05) is 20.8 Å².